The molecule has 3 fully saturated rings. The zero-order valence-corrected chi connectivity index (χ0v) is 18.9. The van der Waals surface area contributed by atoms with Gasteiger partial charge in [-0.15, -0.1) is 0 Å². The molecule has 2 saturated heterocycles. The molecule has 9 heteroatoms. The second kappa shape index (κ2) is 8.33. The van der Waals surface area contributed by atoms with Gasteiger partial charge in [0, 0.05) is 23.9 Å². The molecule has 3 rings (SSSR count). The van der Waals surface area contributed by atoms with E-state index >= 15 is 0 Å². The van der Waals surface area contributed by atoms with Crippen molar-refractivity contribution in [1.29, 1.82) is 0 Å². The normalized spacial score (nSPS) is 27.5. The summed E-state index contributed by atoms with van der Waals surface area (Å²) in [6.45, 7) is 7.12. The highest BCUT2D eigenvalue weighted by Crippen LogP contribution is 2.48. The molecule has 0 unspecified atom stereocenters. The maximum Gasteiger partial charge on any atom is 0.325 e. The smallest absolute Gasteiger partial charge is 0.325 e. The Balaban J connectivity index is 1.70. The zero-order valence-electron chi connectivity index (χ0n) is 18.9. The van der Waals surface area contributed by atoms with Crippen molar-refractivity contribution in [2.75, 3.05) is 19.8 Å². The molecule has 3 aliphatic rings. The third-order valence-corrected chi connectivity index (χ3v) is 6.98. The lowest BCUT2D eigenvalue weighted by molar-refractivity contribution is -0.336. The minimum Gasteiger partial charge on any atom is -0.480 e. The van der Waals surface area contributed by atoms with Crippen LogP contribution in [0.15, 0.2) is 0 Å². The first-order valence-corrected chi connectivity index (χ1v) is 11.0. The fraction of sp³-hybridized carbons (Fsp3) is 0.864. The Labute approximate surface area is 183 Å². The molecule has 0 aromatic rings. The number of carbonyl (C=O) groups excluding carboxylic acids is 1. The average molecular weight is 442 g/mol. The Kier molecular flexibility index (Phi) is 6.43. The largest absolute Gasteiger partial charge is 0.480 e. The van der Waals surface area contributed by atoms with E-state index in [-0.39, 0.29) is 18.6 Å². The van der Waals surface area contributed by atoms with Gasteiger partial charge in [-0.3, -0.25) is 19.3 Å². The predicted octanol–water partition coefficient (Wildman–Crippen LogP) is 2.41. The number of likely N-dealkylation sites (tertiary alicyclic amines) is 1. The highest BCUT2D eigenvalue weighted by Gasteiger charge is 2.60. The topological polar surface area (TPSA) is 123 Å². The van der Waals surface area contributed by atoms with Gasteiger partial charge in [0.2, 0.25) is 5.41 Å². The van der Waals surface area contributed by atoms with Crippen LogP contribution in [0.2, 0.25) is 0 Å². The number of rotatable bonds is 5. The van der Waals surface area contributed by atoms with Crippen LogP contribution in [0.25, 0.3) is 0 Å². The summed E-state index contributed by atoms with van der Waals surface area (Å²) in [5.74, 6) is -4.30. The van der Waals surface area contributed by atoms with Gasteiger partial charge in [0.15, 0.2) is 5.79 Å². The van der Waals surface area contributed by atoms with Crippen LogP contribution in [0.5, 0.6) is 0 Å². The molecule has 0 bridgehead atoms. The third-order valence-electron chi connectivity index (χ3n) is 6.98. The number of nitrogens with zero attached hydrogens (tertiary/aromatic N) is 1. The Hall–Kier alpha value is -1.71. The van der Waals surface area contributed by atoms with E-state index in [0.29, 0.717) is 12.8 Å². The third kappa shape index (κ3) is 4.73. The van der Waals surface area contributed by atoms with Crippen LogP contribution in [0, 0.1) is 5.41 Å². The monoisotopic (exact) mass is 441 g/mol. The van der Waals surface area contributed by atoms with E-state index in [4.69, 9.17) is 14.2 Å². The molecular formula is C22H35NO8. The Morgan fingerprint density at radius 1 is 0.903 bits per heavy atom. The van der Waals surface area contributed by atoms with Crippen molar-refractivity contribution < 1.29 is 38.8 Å². The first kappa shape index (κ1) is 23.9. The molecule has 176 valence electrons. The highest BCUT2D eigenvalue weighted by atomic mass is 16.7. The molecule has 0 amide bonds. The number of carboxylic acids is 2. The van der Waals surface area contributed by atoms with Crippen LogP contribution in [0.1, 0.15) is 72.6 Å². The molecule has 2 aliphatic heterocycles. The fourth-order valence-electron chi connectivity index (χ4n) is 5.49. The lowest BCUT2D eigenvalue weighted by Gasteiger charge is -2.59. The number of esters is 1. The van der Waals surface area contributed by atoms with Gasteiger partial charge in [-0.1, -0.05) is 6.42 Å². The number of ether oxygens (including phenoxy) is 3. The van der Waals surface area contributed by atoms with E-state index < -0.39 is 47.4 Å². The predicted molar refractivity (Wildman–Crippen MR) is 109 cm³/mol. The summed E-state index contributed by atoms with van der Waals surface area (Å²) in [5.41, 5.74) is -3.17. The van der Waals surface area contributed by atoms with Gasteiger partial charge in [0.1, 0.15) is 6.10 Å². The Morgan fingerprint density at radius 3 is 1.84 bits per heavy atom. The van der Waals surface area contributed by atoms with Crippen LogP contribution in [-0.2, 0) is 28.6 Å². The van der Waals surface area contributed by atoms with Crippen LogP contribution in [-0.4, -0.2) is 75.7 Å². The SMILES string of the molecule is CC1(C)CC2(CC(C)(C)N1CC(=O)OC1CCCCC1)OCC(C(=O)O)(C(=O)O)CO2. The van der Waals surface area contributed by atoms with Crippen molar-refractivity contribution in [3.05, 3.63) is 0 Å². The van der Waals surface area contributed by atoms with Crippen LogP contribution in [0.4, 0.5) is 0 Å². The van der Waals surface area contributed by atoms with E-state index in [1.165, 1.54) is 6.42 Å². The maximum absolute atomic E-state index is 12.7. The number of carbonyl (C=O) groups is 3. The number of piperidine rings is 1. The van der Waals surface area contributed by atoms with Gasteiger partial charge in [0.25, 0.3) is 0 Å². The summed E-state index contributed by atoms with van der Waals surface area (Å²) in [7, 11) is 0. The number of aliphatic carboxylic acids is 2. The van der Waals surface area contributed by atoms with E-state index in [1.54, 1.807) is 0 Å². The molecule has 2 N–H and O–H groups in total. The van der Waals surface area contributed by atoms with Gasteiger partial charge >= 0.3 is 17.9 Å². The number of carboxylic acid groups (broad SMARTS) is 2. The fourth-order valence-corrected chi connectivity index (χ4v) is 5.49. The second-order valence-electron chi connectivity index (χ2n) is 10.5. The highest BCUT2D eigenvalue weighted by molar-refractivity contribution is 5.98. The lowest BCUT2D eigenvalue weighted by atomic mass is 9.75. The Bertz CT molecular complexity index is 681. The summed E-state index contributed by atoms with van der Waals surface area (Å²) in [6, 6.07) is 0. The summed E-state index contributed by atoms with van der Waals surface area (Å²) in [5, 5.41) is 18.9. The van der Waals surface area contributed by atoms with Crippen LogP contribution >= 0.6 is 0 Å². The average Bonchev–Trinajstić information content (AvgIpc) is 2.65. The van der Waals surface area contributed by atoms with Crippen molar-refractivity contribution in [3.8, 4) is 0 Å². The van der Waals surface area contributed by atoms with E-state index in [2.05, 4.69) is 4.90 Å². The van der Waals surface area contributed by atoms with Gasteiger partial charge < -0.3 is 24.4 Å². The molecule has 2 heterocycles. The quantitative estimate of drug-likeness (QED) is 0.489. The van der Waals surface area contributed by atoms with Crippen LogP contribution in [0.3, 0.4) is 0 Å². The molecular weight excluding hydrogens is 406 g/mol. The number of hydrogen-bond acceptors (Lipinski definition) is 7. The molecule has 1 saturated carbocycles. The Morgan fingerprint density at radius 2 is 1.39 bits per heavy atom. The molecule has 9 nitrogen and oxygen atoms in total. The maximum atomic E-state index is 12.7. The number of hydrogen-bond donors (Lipinski definition) is 2. The van der Waals surface area contributed by atoms with E-state index in [1.807, 2.05) is 27.7 Å². The van der Waals surface area contributed by atoms with Crippen molar-refractivity contribution >= 4 is 17.9 Å². The lowest BCUT2D eigenvalue weighted by Crippen LogP contribution is -2.70. The van der Waals surface area contributed by atoms with Crippen molar-refractivity contribution in [2.24, 2.45) is 5.41 Å². The van der Waals surface area contributed by atoms with Crippen molar-refractivity contribution in [2.45, 2.75) is 95.6 Å². The standard InChI is InChI=1S/C22H35NO8/c1-19(2)11-22(29-13-21(14-30-22,17(25)26)18(27)28)12-20(3,4)23(19)10-16(24)31-15-8-6-5-7-9-15/h15H,5-14H2,1-4H3,(H,25,26)(H,27,28). The van der Waals surface area contributed by atoms with Gasteiger partial charge in [0.05, 0.1) is 19.8 Å². The van der Waals surface area contributed by atoms with Crippen molar-refractivity contribution in [1.82, 2.24) is 4.90 Å². The van der Waals surface area contributed by atoms with Crippen molar-refractivity contribution in [3.63, 3.8) is 0 Å². The molecule has 0 radical (unpaired) electrons. The van der Waals surface area contributed by atoms with Gasteiger partial charge in [-0.2, -0.15) is 0 Å². The van der Waals surface area contributed by atoms with Gasteiger partial charge in [-0.25, -0.2) is 0 Å². The summed E-state index contributed by atoms with van der Waals surface area (Å²) in [6.07, 6.45) is 5.93. The van der Waals surface area contributed by atoms with Crippen LogP contribution < -0.4 is 0 Å². The first-order chi connectivity index (χ1) is 14.3. The second-order valence-corrected chi connectivity index (χ2v) is 10.5. The minimum atomic E-state index is -2.11. The molecule has 1 spiro atoms. The molecule has 0 aromatic heterocycles. The van der Waals surface area contributed by atoms with E-state index in [0.717, 1.165) is 25.7 Å². The zero-order chi connectivity index (χ0) is 23.1. The van der Waals surface area contributed by atoms with Gasteiger partial charge in [-0.05, 0) is 53.4 Å². The minimum absolute atomic E-state index is 0.00576. The summed E-state index contributed by atoms with van der Waals surface area (Å²) < 4.78 is 17.5. The van der Waals surface area contributed by atoms with E-state index in [9.17, 15) is 24.6 Å². The summed E-state index contributed by atoms with van der Waals surface area (Å²) in [4.78, 5) is 37.9. The molecule has 0 aromatic carbocycles. The molecule has 31 heavy (non-hydrogen) atoms. The molecule has 1 aliphatic carbocycles. The molecule has 0 atom stereocenters. The summed E-state index contributed by atoms with van der Waals surface area (Å²) >= 11 is 0. The first-order valence-electron chi connectivity index (χ1n) is 11.0.